The highest BCUT2D eigenvalue weighted by atomic mass is 16.5. The van der Waals surface area contributed by atoms with E-state index in [9.17, 15) is 14.4 Å². The fraction of sp³-hybridized carbons (Fsp3) is 0.346. The summed E-state index contributed by atoms with van der Waals surface area (Å²) in [6.07, 6.45) is 0.226. The van der Waals surface area contributed by atoms with Crippen LogP contribution in [-0.4, -0.2) is 55.0 Å². The van der Waals surface area contributed by atoms with Crippen molar-refractivity contribution in [3.8, 4) is 11.1 Å². The van der Waals surface area contributed by atoms with Gasteiger partial charge in [-0.2, -0.15) is 0 Å². The summed E-state index contributed by atoms with van der Waals surface area (Å²) in [6, 6.07) is 14.9. The molecule has 0 saturated carbocycles. The molecule has 2 amide bonds. The zero-order valence-corrected chi connectivity index (χ0v) is 19.2. The first kappa shape index (κ1) is 25.0. The molecule has 0 saturated heterocycles. The van der Waals surface area contributed by atoms with E-state index < -0.39 is 24.0 Å². The number of rotatable bonds is 12. The van der Waals surface area contributed by atoms with Crippen LogP contribution in [0, 0.1) is 0 Å². The Morgan fingerprint density at radius 2 is 1.71 bits per heavy atom. The highest BCUT2D eigenvalue weighted by Crippen LogP contribution is 2.44. The van der Waals surface area contributed by atoms with Gasteiger partial charge in [0, 0.05) is 18.9 Å². The third-order valence-electron chi connectivity index (χ3n) is 5.66. The first-order valence-corrected chi connectivity index (χ1v) is 11.2. The van der Waals surface area contributed by atoms with Gasteiger partial charge in [0.25, 0.3) is 0 Å². The predicted octanol–water partition coefficient (Wildman–Crippen LogP) is 3.47. The number of nitrogens with one attached hydrogen (secondary N) is 2. The summed E-state index contributed by atoms with van der Waals surface area (Å²) in [5, 5.41) is 14.2. The van der Waals surface area contributed by atoms with Crippen LogP contribution >= 0.6 is 0 Å². The number of fused-ring (bicyclic) bond motifs is 3. The van der Waals surface area contributed by atoms with Crippen LogP contribution in [0.25, 0.3) is 11.1 Å². The van der Waals surface area contributed by atoms with Gasteiger partial charge in [-0.1, -0.05) is 54.6 Å². The molecule has 0 aromatic heterocycles. The smallest absolute Gasteiger partial charge is 0.407 e. The van der Waals surface area contributed by atoms with Crippen molar-refractivity contribution in [3.63, 3.8) is 0 Å². The molecule has 2 unspecified atom stereocenters. The zero-order chi connectivity index (χ0) is 24.5. The van der Waals surface area contributed by atoms with Gasteiger partial charge in [-0.3, -0.25) is 9.59 Å². The van der Waals surface area contributed by atoms with E-state index in [0.29, 0.717) is 6.61 Å². The van der Waals surface area contributed by atoms with Crippen LogP contribution in [0.2, 0.25) is 0 Å². The van der Waals surface area contributed by atoms with Crippen LogP contribution in [-0.2, 0) is 19.1 Å². The Balaban J connectivity index is 1.60. The Labute approximate surface area is 199 Å². The molecular weight excluding hydrogens is 436 g/mol. The van der Waals surface area contributed by atoms with Crippen molar-refractivity contribution in [2.24, 2.45) is 0 Å². The molecule has 0 spiro atoms. The quantitative estimate of drug-likeness (QED) is 0.413. The second-order valence-electron chi connectivity index (χ2n) is 8.13. The largest absolute Gasteiger partial charge is 0.481 e. The molecular formula is C26H30N2O6. The van der Waals surface area contributed by atoms with E-state index in [0.717, 1.165) is 22.3 Å². The maximum atomic E-state index is 12.6. The normalized spacial score (nSPS) is 13.8. The summed E-state index contributed by atoms with van der Waals surface area (Å²) in [5.74, 6) is -1.68. The minimum Gasteiger partial charge on any atom is -0.481 e. The van der Waals surface area contributed by atoms with Crippen molar-refractivity contribution in [2.75, 3.05) is 19.8 Å². The number of alkyl carbamates (subject to hydrolysis) is 1. The van der Waals surface area contributed by atoms with Crippen molar-refractivity contribution in [1.82, 2.24) is 10.6 Å². The average Bonchev–Trinajstić information content (AvgIpc) is 3.16. The monoisotopic (exact) mass is 466 g/mol. The number of carbonyl (C=O) groups is 3. The fourth-order valence-electron chi connectivity index (χ4n) is 3.98. The summed E-state index contributed by atoms with van der Waals surface area (Å²) in [5.41, 5.74) is 4.37. The Kier molecular flexibility index (Phi) is 8.81. The standard InChI is InChI=1S/C26H30N2O6/c1-3-14-33-17(2)15-27-25(31)23(12-13-24(29)30)28-26(32)34-16-22-20-10-6-4-8-18(20)19-9-5-7-11-21(19)22/h3-11,17,22-23H,1,12-16H2,2H3,(H,27,31)(H,28,32)(H,29,30). The molecule has 2 aromatic rings. The predicted molar refractivity (Wildman–Crippen MR) is 127 cm³/mol. The third kappa shape index (κ3) is 6.45. The summed E-state index contributed by atoms with van der Waals surface area (Å²) in [7, 11) is 0. The van der Waals surface area contributed by atoms with Crippen LogP contribution in [0.15, 0.2) is 61.2 Å². The highest BCUT2D eigenvalue weighted by molar-refractivity contribution is 5.86. The van der Waals surface area contributed by atoms with E-state index in [4.69, 9.17) is 14.6 Å². The molecule has 8 heteroatoms. The molecule has 8 nitrogen and oxygen atoms in total. The number of hydrogen-bond acceptors (Lipinski definition) is 5. The third-order valence-corrected chi connectivity index (χ3v) is 5.66. The van der Waals surface area contributed by atoms with Crippen molar-refractivity contribution < 1.29 is 29.0 Å². The van der Waals surface area contributed by atoms with Gasteiger partial charge in [-0.05, 0) is 35.6 Å². The zero-order valence-electron chi connectivity index (χ0n) is 19.2. The first-order chi connectivity index (χ1) is 16.4. The lowest BCUT2D eigenvalue weighted by atomic mass is 9.98. The fourth-order valence-corrected chi connectivity index (χ4v) is 3.98. The SMILES string of the molecule is C=CCOC(C)CNC(=O)C(CCC(=O)O)NC(=O)OCC1c2ccccc2-c2ccccc21. The number of benzene rings is 2. The van der Waals surface area contributed by atoms with E-state index >= 15 is 0 Å². The molecule has 2 aromatic carbocycles. The van der Waals surface area contributed by atoms with Crippen LogP contribution in [0.1, 0.15) is 36.8 Å². The molecule has 3 rings (SSSR count). The molecule has 34 heavy (non-hydrogen) atoms. The van der Waals surface area contributed by atoms with Gasteiger partial charge >= 0.3 is 12.1 Å². The molecule has 0 bridgehead atoms. The summed E-state index contributed by atoms with van der Waals surface area (Å²) < 4.78 is 10.9. The van der Waals surface area contributed by atoms with Gasteiger partial charge in [-0.15, -0.1) is 6.58 Å². The summed E-state index contributed by atoms with van der Waals surface area (Å²) in [6.45, 7) is 6.01. The summed E-state index contributed by atoms with van der Waals surface area (Å²) >= 11 is 0. The van der Waals surface area contributed by atoms with Crippen LogP contribution in [0.3, 0.4) is 0 Å². The Morgan fingerprint density at radius 1 is 1.09 bits per heavy atom. The number of hydrogen-bond donors (Lipinski definition) is 3. The van der Waals surface area contributed by atoms with Gasteiger partial charge in [0.05, 0.1) is 12.7 Å². The number of amides is 2. The Morgan fingerprint density at radius 3 is 2.29 bits per heavy atom. The minimum atomic E-state index is -1.06. The lowest BCUT2D eigenvalue weighted by Gasteiger charge is -2.20. The summed E-state index contributed by atoms with van der Waals surface area (Å²) in [4.78, 5) is 36.2. The minimum absolute atomic E-state index is 0.0622. The maximum absolute atomic E-state index is 12.6. The van der Waals surface area contributed by atoms with Crippen molar-refractivity contribution in [2.45, 2.75) is 37.8 Å². The number of ether oxygens (including phenoxy) is 2. The average molecular weight is 467 g/mol. The molecule has 1 aliphatic rings. The number of carboxylic acid groups (broad SMARTS) is 1. The van der Waals surface area contributed by atoms with Crippen molar-refractivity contribution in [1.29, 1.82) is 0 Å². The van der Waals surface area contributed by atoms with Gasteiger partial charge in [0.1, 0.15) is 12.6 Å². The molecule has 0 aliphatic heterocycles. The Bertz CT molecular complexity index is 992. The lowest BCUT2D eigenvalue weighted by Crippen LogP contribution is -2.48. The lowest BCUT2D eigenvalue weighted by molar-refractivity contribution is -0.137. The van der Waals surface area contributed by atoms with Crippen LogP contribution in [0.4, 0.5) is 4.79 Å². The van der Waals surface area contributed by atoms with Crippen molar-refractivity contribution >= 4 is 18.0 Å². The molecule has 1 aliphatic carbocycles. The van der Waals surface area contributed by atoms with Gasteiger partial charge < -0.3 is 25.2 Å². The second kappa shape index (κ2) is 12.0. The topological polar surface area (TPSA) is 114 Å². The van der Waals surface area contributed by atoms with E-state index in [1.807, 2.05) is 48.5 Å². The van der Waals surface area contributed by atoms with E-state index in [2.05, 4.69) is 17.2 Å². The molecule has 0 radical (unpaired) electrons. The van der Waals surface area contributed by atoms with Gasteiger partial charge in [0.15, 0.2) is 0 Å². The highest BCUT2D eigenvalue weighted by Gasteiger charge is 2.30. The molecule has 180 valence electrons. The second-order valence-corrected chi connectivity index (χ2v) is 8.13. The molecule has 2 atom stereocenters. The molecule has 0 fully saturated rings. The van der Waals surface area contributed by atoms with Crippen LogP contribution in [0.5, 0.6) is 0 Å². The van der Waals surface area contributed by atoms with Crippen LogP contribution < -0.4 is 10.6 Å². The van der Waals surface area contributed by atoms with Crippen molar-refractivity contribution in [3.05, 3.63) is 72.3 Å². The number of carboxylic acids is 1. The van der Waals surface area contributed by atoms with Gasteiger partial charge in [-0.25, -0.2) is 4.79 Å². The molecule has 3 N–H and O–H groups in total. The number of carbonyl (C=O) groups excluding carboxylic acids is 2. The first-order valence-electron chi connectivity index (χ1n) is 11.2. The van der Waals surface area contributed by atoms with E-state index in [1.54, 1.807) is 13.0 Å². The van der Waals surface area contributed by atoms with E-state index in [-0.39, 0.29) is 38.0 Å². The van der Waals surface area contributed by atoms with E-state index in [1.165, 1.54) is 0 Å². The van der Waals surface area contributed by atoms with Gasteiger partial charge in [0.2, 0.25) is 5.91 Å². The molecule has 0 heterocycles. The number of aliphatic carboxylic acids is 1. The maximum Gasteiger partial charge on any atom is 0.407 e. The Hall–Kier alpha value is -3.65.